The number of halogens is 2. The highest BCUT2D eigenvalue weighted by Crippen LogP contribution is 2.30. The van der Waals surface area contributed by atoms with Gasteiger partial charge in [0, 0.05) is 11.3 Å². The van der Waals surface area contributed by atoms with Crippen LogP contribution in [0.4, 0.5) is 26.4 Å². The average Bonchev–Trinajstić information content (AvgIpc) is 2.88. The minimum atomic E-state index is -1.16. The van der Waals surface area contributed by atoms with Crippen molar-refractivity contribution in [1.29, 1.82) is 0 Å². The van der Waals surface area contributed by atoms with Gasteiger partial charge in [0.2, 0.25) is 0 Å². The molecule has 0 radical (unpaired) electrons. The molecule has 24 heavy (non-hydrogen) atoms. The van der Waals surface area contributed by atoms with Gasteiger partial charge in [-0.3, -0.25) is 5.32 Å². The van der Waals surface area contributed by atoms with Crippen molar-refractivity contribution in [2.45, 2.75) is 13.3 Å². The van der Waals surface area contributed by atoms with Crippen molar-refractivity contribution < 1.29 is 14.3 Å². The summed E-state index contributed by atoms with van der Waals surface area (Å²) in [7, 11) is 0. The van der Waals surface area contributed by atoms with Gasteiger partial charge in [-0.15, -0.1) is 0 Å². The summed E-state index contributed by atoms with van der Waals surface area (Å²) in [6.45, 7) is 1.90. The number of rotatable bonds is 4. The van der Waals surface area contributed by atoms with E-state index in [1.54, 1.807) is 6.20 Å². The monoisotopic (exact) mass is 349 g/mol. The molecule has 0 bridgehead atoms. The van der Waals surface area contributed by atoms with Gasteiger partial charge in [0.05, 0.1) is 16.9 Å². The van der Waals surface area contributed by atoms with Crippen molar-refractivity contribution in [2.75, 3.05) is 10.6 Å². The lowest BCUT2D eigenvalue weighted by Gasteiger charge is -2.09. The van der Waals surface area contributed by atoms with E-state index in [9.17, 15) is 9.18 Å². The molecule has 0 spiro atoms. The number of nitrogens with one attached hydrogen (secondary N) is 2. The van der Waals surface area contributed by atoms with Gasteiger partial charge in [-0.1, -0.05) is 18.5 Å². The highest BCUT2D eigenvalue weighted by molar-refractivity contribution is 6.31. The van der Waals surface area contributed by atoms with Crippen LogP contribution in [0.3, 0.4) is 0 Å². The molecule has 124 valence electrons. The molecule has 0 fully saturated rings. The number of aryl methyl sites for hydroxylation is 1. The first-order valence-electron chi connectivity index (χ1n) is 7.06. The fraction of sp³-hybridized carbons (Fsp3) is 0.133. The van der Waals surface area contributed by atoms with Gasteiger partial charge in [0.1, 0.15) is 17.7 Å². The quantitative estimate of drug-likeness (QED) is 0.664. The fourth-order valence-corrected chi connectivity index (χ4v) is 2.64. The van der Waals surface area contributed by atoms with Crippen LogP contribution >= 0.6 is 11.6 Å². The molecular weight excluding hydrogens is 337 g/mol. The third-order valence-electron chi connectivity index (χ3n) is 3.46. The summed E-state index contributed by atoms with van der Waals surface area (Å²) < 4.78 is 14.8. The second-order valence-corrected chi connectivity index (χ2v) is 5.37. The molecule has 2 aromatic heterocycles. The standard InChI is InChI=1S/C15H13ClFN5O2/c1-2-9-12(21-15(23)24)6-22-13(9)14(18-7-19-22)20-8-3-4-11(17)10(16)5-8/h3-7,21H,2H2,1H3,(H,23,24)(H,18,19,20). The number of benzene rings is 1. The van der Waals surface area contributed by atoms with Crippen molar-refractivity contribution in [3.8, 4) is 0 Å². The van der Waals surface area contributed by atoms with Crippen molar-refractivity contribution in [3.05, 3.63) is 47.1 Å². The summed E-state index contributed by atoms with van der Waals surface area (Å²) in [5, 5.41) is 18.4. The minimum absolute atomic E-state index is 0.00981. The van der Waals surface area contributed by atoms with Crippen LogP contribution in [0.2, 0.25) is 5.02 Å². The van der Waals surface area contributed by atoms with E-state index >= 15 is 0 Å². The molecule has 0 unspecified atom stereocenters. The van der Waals surface area contributed by atoms with E-state index in [1.165, 1.54) is 29.0 Å². The average molecular weight is 350 g/mol. The van der Waals surface area contributed by atoms with Gasteiger partial charge >= 0.3 is 6.09 Å². The predicted molar refractivity (Wildman–Crippen MR) is 88.7 cm³/mol. The Morgan fingerprint density at radius 2 is 2.25 bits per heavy atom. The lowest BCUT2D eigenvalue weighted by Crippen LogP contribution is -2.07. The van der Waals surface area contributed by atoms with Crippen LogP contribution in [0.15, 0.2) is 30.7 Å². The molecule has 3 N–H and O–H groups in total. The highest BCUT2D eigenvalue weighted by atomic mass is 35.5. The third-order valence-corrected chi connectivity index (χ3v) is 3.75. The Morgan fingerprint density at radius 1 is 1.46 bits per heavy atom. The van der Waals surface area contributed by atoms with Crippen LogP contribution in [-0.2, 0) is 6.42 Å². The van der Waals surface area contributed by atoms with Crippen LogP contribution < -0.4 is 10.6 Å². The number of anilines is 3. The normalized spacial score (nSPS) is 10.8. The predicted octanol–water partition coefficient (Wildman–Crippen LogP) is 3.92. The first-order valence-corrected chi connectivity index (χ1v) is 7.44. The zero-order valence-electron chi connectivity index (χ0n) is 12.5. The lowest BCUT2D eigenvalue weighted by atomic mass is 10.2. The Balaban J connectivity index is 2.08. The Hall–Kier alpha value is -2.87. The molecule has 0 atom stereocenters. The molecule has 1 aromatic carbocycles. The number of hydrogen-bond acceptors (Lipinski definition) is 4. The maximum absolute atomic E-state index is 13.3. The summed E-state index contributed by atoms with van der Waals surface area (Å²) in [5.74, 6) is -0.0529. The van der Waals surface area contributed by atoms with Crippen LogP contribution in [0.1, 0.15) is 12.5 Å². The topological polar surface area (TPSA) is 91.5 Å². The molecule has 0 aliphatic rings. The lowest BCUT2D eigenvalue weighted by molar-refractivity contribution is 0.209. The third kappa shape index (κ3) is 2.95. The summed E-state index contributed by atoms with van der Waals surface area (Å²) in [6.07, 6.45) is 2.32. The molecule has 9 heteroatoms. The SMILES string of the molecule is CCc1c(NC(=O)O)cn2ncnc(Nc3ccc(F)c(Cl)c3)c12. The highest BCUT2D eigenvalue weighted by Gasteiger charge is 2.16. The minimum Gasteiger partial charge on any atom is -0.465 e. The molecule has 0 saturated heterocycles. The molecule has 3 aromatic rings. The molecule has 2 heterocycles. The maximum atomic E-state index is 13.3. The summed E-state index contributed by atoms with van der Waals surface area (Å²) in [6, 6.07) is 4.23. The van der Waals surface area contributed by atoms with Crippen LogP contribution in [0.5, 0.6) is 0 Å². The van der Waals surface area contributed by atoms with Gasteiger partial charge in [-0.05, 0) is 24.6 Å². The van der Waals surface area contributed by atoms with Gasteiger partial charge in [0.25, 0.3) is 0 Å². The molecule has 3 rings (SSSR count). The number of carboxylic acid groups (broad SMARTS) is 1. The second-order valence-electron chi connectivity index (χ2n) is 4.96. The molecule has 1 amide bonds. The molecule has 0 aliphatic carbocycles. The number of aromatic nitrogens is 3. The van der Waals surface area contributed by atoms with Gasteiger partial charge in [-0.2, -0.15) is 5.10 Å². The zero-order chi connectivity index (χ0) is 17.3. The smallest absolute Gasteiger partial charge is 0.409 e. The van der Waals surface area contributed by atoms with E-state index in [1.807, 2.05) is 6.92 Å². The Morgan fingerprint density at radius 3 is 2.92 bits per heavy atom. The van der Waals surface area contributed by atoms with Gasteiger partial charge in [-0.25, -0.2) is 18.7 Å². The first kappa shape index (κ1) is 16.0. The van der Waals surface area contributed by atoms with E-state index in [2.05, 4.69) is 20.7 Å². The molecule has 0 aliphatic heterocycles. The number of amides is 1. The first-order chi connectivity index (χ1) is 11.5. The Bertz CT molecular complexity index is 928. The van der Waals surface area contributed by atoms with E-state index in [4.69, 9.17) is 16.7 Å². The van der Waals surface area contributed by atoms with Crippen LogP contribution in [0, 0.1) is 5.82 Å². The van der Waals surface area contributed by atoms with Crippen LogP contribution in [-0.4, -0.2) is 25.8 Å². The number of hydrogen-bond donors (Lipinski definition) is 3. The zero-order valence-corrected chi connectivity index (χ0v) is 13.3. The van der Waals surface area contributed by atoms with Crippen molar-refractivity contribution in [2.24, 2.45) is 0 Å². The van der Waals surface area contributed by atoms with Crippen LogP contribution in [0.25, 0.3) is 5.52 Å². The van der Waals surface area contributed by atoms with E-state index in [-0.39, 0.29) is 5.02 Å². The van der Waals surface area contributed by atoms with E-state index in [0.717, 1.165) is 5.56 Å². The molecule has 7 nitrogen and oxygen atoms in total. The van der Waals surface area contributed by atoms with E-state index in [0.29, 0.717) is 29.1 Å². The fourth-order valence-electron chi connectivity index (χ4n) is 2.46. The Kier molecular flexibility index (Phi) is 4.22. The maximum Gasteiger partial charge on any atom is 0.409 e. The van der Waals surface area contributed by atoms with Gasteiger partial charge < -0.3 is 10.4 Å². The van der Waals surface area contributed by atoms with Gasteiger partial charge in [0.15, 0.2) is 5.82 Å². The second kappa shape index (κ2) is 6.32. The van der Waals surface area contributed by atoms with Crippen molar-refractivity contribution in [1.82, 2.24) is 14.6 Å². The Labute approximate surface area is 141 Å². The summed E-state index contributed by atoms with van der Waals surface area (Å²) in [4.78, 5) is 15.1. The molecular formula is C15H13ClFN5O2. The number of carbonyl (C=O) groups is 1. The summed E-state index contributed by atoms with van der Waals surface area (Å²) in [5.41, 5.74) is 2.36. The summed E-state index contributed by atoms with van der Waals surface area (Å²) >= 11 is 5.79. The van der Waals surface area contributed by atoms with Crippen molar-refractivity contribution >= 4 is 40.4 Å². The molecule has 0 saturated carbocycles. The number of nitrogens with zero attached hydrogens (tertiary/aromatic N) is 3. The van der Waals surface area contributed by atoms with Crippen molar-refractivity contribution in [3.63, 3.8) is 0 Å². The number of fused-ring (bicyclic) bond motifs is 1. The van der Waals surface area contributed by atoms with E-state index < -0.39 is 11.9 Å². The largest absolute Gasteiger partial charge is 0.465 e.